The normalized spacial score (nSPS) is 12.1. The van der Waals surface area contributed by atoms with E-state index in [0.29, 0.717) is 5.92 Å². The molecule has 0 spiro atoms. The van der Waals surface area contributed by atoms with Crippen LogP contribution in [0.15, 0.2) is 30.6 Å². The molecular weight excluding hydrogens is 248 g/mol. The smallest absolute Gasteiger partial charge is 0.153 e. The van der Waals surface area contributed by atoms with Crippen molar-refractivity contribution < 1.29 is 0 Å². The Morgan fingerprint density at radius 2 is 2.00 bits per heavy atom. The van der Waals surface area contributed by atoms with Crippen LogP contribution in [-0.2, 0) is 6.54 Å². The van der Waals surface area contributed by atoms with Crippen LogP contribution in [0.1, 0.15) is 51.8 Å². The maximum atomic E-state index is 4.56. The van der Waals surface area contributed by atoms with E-state index in [1.165, 1.54) is 5.56 Å². The number of pyridine rings is 1. The van der Waals surface area contributed by atoms with Gasteiger partial charge >= 0.3 is 0 Å². The molecule has 1 N–H and O–H groups in total. The van der Waals surface area contributed by atoms with Gasteiger partial charge in [0.1, 0.15) is 0 Å². The Balaban J connectivity index is 2.16. The molecule has 20 heavy (non-hydrogen) atoms. The fourth-order valence-electron chi connectivity index (χ4n) is 1.84. The highest BCUT2D eigenvalue weighted by atomic mass is 15.3. The summed E-state index contributed by atoms with van der Waals surface area (Å²) in [7, 11) is 0. The molecule has 4 nitrogen and oxygen atoms in total. The predicted octanol–water partition coefficient (Wildman–Crippen LogP) is 3.28. The zero-order valence-corrected chi connectivity index (χ0v) is 13.0. The summed E-state index contributed by atoms with van der Waals surface area (Å²) in [5.74, 6) is 1.30. The van der Waals surface area contributed by atoms with Crippen molar-refractivity contribution in [2.75, 3.05) is 0 Å². The largest absolute Gasteiger partial charge is 0.308 e. The summed E-state index contributed by atoms with van der Waals surface area (Å²) in [5, 5.41) is 8.05. The Bertz CT molecular complexity index is 564. The van der Waals surface area contributed by atoms with E-state index in [1.54, 1.807) is 0 Å². The van der Waals surface area contributed by atoms with E-state index in [4.69, 9.17) is 0 Å². The first-order valence-corrected chi connectivity index (χ1v) is 7.11. The standard InChI is InChI=1S/C16H24N4/c1-12(2)14-7-9-20(19-14)15-10-13(6-8-17-15)11-18-16(3,4)5/h6-10,12,18H,11H2,1-5H3. The van der Waals surface area contributed by atoms with Gasteiger partial charge in [-0.1, -0.05) is 13.8 Å². The lowest BCUT2D eigenvalue weighted by molar-refractivity contribution is 0.424. The van der Waals surface area contributed by atoms with Crippen LogP contribution >= 0.6 is 0 Å². The van der Waals surface area contributed by atoms with E-state index < -0.39 is 0 Å². The molecule has 4 heteroatoms. The molecule has 0 saturated heterocycles. The minimum atomic E-state index is 0.111. The minimum absolute atomic E-state index is 0.111. The predicted molar refractivity (Wildman–Crippen MR) is 82.0 cm³/mol. The Morgan fingerprint density at radius 3 is 2.60 bits per heavy atom. The monoisotopic (exact) mass is 272 g/mol. The molecule has 2 aromatic rings. The van der Waals surface area contributed by atoms with Gasteiger partial charge in [0.05, 0.1) is 5.69 Å². The minimum Gasteiger partial charge on any atom is -0.308 e. The van der Waals surface area contributed by atoms with Gasteiger partial charge < -0.3 is 5.32 Å². The highest BCUT2D eigenvalue weighted by molar-refractivity contribution is 5.27. The van der Waals surface area contributed by atoms with Crippen molar-refractivity contribution >= 4 is 0 Å². The molecule has 2 aromatic heterocycles. The quantitative estimate of drug-likeness (QED) is 0.928. The van der Waals surface area contributed by atoms with Crippen molar-refractivity contribution in [1.82, 2.24) is 20.1 Å². The fourth-order valence-corrected chi connectivity index (χ4v) is 1.84. The van der Waals surface area contributed by atoms with Crippen LogP contribution in [0.3, 0.4) is 0 Å². The molecule has 2 rings (SSSR count). The van der Waals surface area contributed by atoms with Crippen LogP contribution < -0.4 is 5.32 Å². The molecule has 0 saturated carbocycles. The highest BCUT2D eigenvalue weighted by Crippen LogP contribution is 2.14. The van der Waals surface area contributed by atoms with Crippen molar-refractivity contribution in [1.29, 1.82) is 0 Å². The molecular formula is C16H24N4. The van der Waals surface area contributed by atoms with Crippen molar-refractivity contribution in [2.45, 2.75) is 52.6 Å². The summed E-state index contributed by atoms with van der Waals surface area (Å²) in [4.78, 5) is 4.40. The molecule has 0 aliphatic carbocycles. The van der Waals surface area contributed by atoms with Crippen molar-refractivity contribution in [3.63, 3.8) is 0 Å². The average molecular weight is 272 g/mol. The Kier molecular flexibility index (Phi) is 4.23. The second kappa shape index (κ2) is 5.75. The second-order valence-corrected chi connectivity index (χ2v) is 6.47. The number of hydrogen-bond donors (Lipinski definition) is 1. The van der Waals surface area contributed by atoms with E-state index in [0.717, 1.165) is 18.1 Å². The van der Waals surface area contributed by atoms with Gasteiger partial charge in [-0.3, -0.25) is 0 Å². The first-order chi connectivity index (χ1) is 9.35. The Labute approximate surface area is 121 Å². The number of hydrogen-bond acceptors (Lipinski definition) is 3. The van der Waals surface area contributed by atoms with Gasteiger partial charge in [0.2, 0.25) is 0 Å². The van der Waals surface area contributed by atoms with E-state index in [-0.39, 0.29) is 5.54 Å². The topological polar surface area (TPSA) is 42.7 Å². The van der Waals surface area contributed by atoms with E-state index in [1.807, 2.05) is 29.2 Å². The zero-order valence-electron chi connectivity index (χ0n) is 13.0. The van der Waals surface area contributed by atoms with Gasteiger partial charge in [0, 0.05) is 24.5 Å². The average Bonchev–Trinajstić information content (AvgIpc) is 2.86. The van der Waals surface area contributed by atoms with Crippen LogP contribution in [-0.4, -0.2) is 20.3 Å². The third-order valence-corrected chi connectivity index (χ3v) is 3.07. The lowest BCUT2D eigenvalue weighted by atomic mass is 10.1. The van der Waals surface area contributed by atoms with E-state index >= 15 is 0 Å². The lowest BCUT2D eigenvalue weighted by Gasteiger charge is -2.20. The van der Waals surface area contributed by atoms with Crippen LogP contribution in [0, 0.1) is 0 Å². The summed E-state index contributed by atoms with van der Waals surface area (Å²) in [5.41, 5.74) is 2.41. The summed E-state index contributed by atoms with van der Waals surface area (Å²) < 4.78 is 1.84. The molecule has 0 aliphatic heterocycles. The molecule has 0 unspecified atom stereocenters. The third-order valence-electron chi connectivity index (χ3n) is 3.07. The fraction of sp³-hybridized carbons (Fsp3) is 0.500. The number of nitrogens with zero attached hydrogens (tertiary/aromatic N) is 3. The van der Waals surface area contributed by atoms with Crippen molar-refractivity contribution in [3.05, 3.63) is 41.9 Å². The first kappa shape index (κ1) is 14.7. The SMILES string of the molecule is CC(C)c1ccn(-c2cc(CNC(C)(C)C)ccn2)n1. The maximum absolute atomic E-state index is 4.56. The summed E-state index contributed by atoms with van der Waals surface area (Å²) >= 11 is 0. The summed E-state index contributed by atoms with van der Waals surface area (Å²) in [6.07, 6.45) is 3.81. The van der Waals surface area contributed by atoms with Gasteiger partial charge in [-0.15, -0.1) is 0 Å². The molecule has 2 heterocycles. The molecule has 0 bridgehead atoms. The molecule has 0 radical (unpaired) electrons. The van der Waals surface area contributed by atoms with Crippen LogP contribution in [0.2, 0.25) is 0 Å². The zero-order chi connectivity index (χ0) is 14.8. The van der Waals surface area contributed by atoms with Crippen molar-refractivity contribution in [3.8, 4) is 5.82 Å². The van der Waals surface area contributed by atoms with Gasteiger partial charge in [-0.25, -0.2) is 9.67 Å². The van der Waals surface area contributed by atoms with Gasteiger partial charge in [0.25, 0.3) is 0 Å². The van der Waals surface area contributed by atoms with Crippen LogP contribution in [0.4, 0.5) is 0 Å². The molecule has 108 valence electrons. The Morgan fingerprint density at radius 1 is 1.25 bits per heavy atom. The molecule has 0 aromatic carbocycles. The van der Waals surface area contributed by atoms with Gasteiger partial charge in [-0.05, 0) is 50.5 Å². The van der Waals surface area contributed by atoms with Crippen molar-refractivity contribution in [2.24, 2.45) is 0 Å². The van der Waals surface area contributed by atoms with E-state index in [9.17, 15) is 0 Å². The molecule has 0 fully saturated rings. The summed E-state index contributed by atoms with van der Waals surface area (Å²) in [6, 6.07) is 6.16. The number of aromatic nitrogens is 3. The van der Waals surface area contributed by atoms with Crippen LogP contribution in [0.25, 0.3) is 5.82 Å². The van der Waals surface area contributed by atoms with Gasteiger partial charge in [-0.2, -0.15) is 5.10 Å². The molecule has 0 atom stereocenters. The summed E-state index contributed by atoms with van der Waals surface area (Å²) in [6.45, 7) is 11.6. The van der Waals surface area contributed by atoms with E-state index in [2.05, 4.69) is 56.1 Å². The maximum Gasteiger partial charge on any atom is 0.153 e. The lowest BCUT2D eigenvalue weighted by Crippen LogP contribution is -2.35. The second-order valence-electron chi connectivity index (χ2n) is 6.47. The third kappa shape index (κ3) is 3.90. The number of rotatable bonds is 4. The highest BCUT2D eigenvalue weighted by Gasteiger charge is 2.10. The number of nitrogens with one attached hydrogen (secondary N) is 1. The molecule has 0 amide bonds. The van der Waals surface area contributed by atoms with Gasteiger partial charge in [0.15, 0.2) is 5.82 Å². The Hall–Kier alpha value is -1.68. The molecule has 0 aliphatic rings. The first-order valence-electron chi connectivity index (χ1n) is 7.11. The van der Waals surface area contributed by atoms with Crippen LogP contribution in [0.5, 0.6) is 0 Å².